The van der Waals surface area contributed by atoms with Crippen molar-refractivity contribution in [1.29, 1.82) is 0 Å². The number of rotatable bonds is 6. The van der Waals surface area contributed by atoms with Crippen LogP contribution in [0.15, 0.2) is 48.5 Å². The fourth-order valence-electron chi connectivity index (χ4n) is 2.02. The number of nitrogens with one attached hydrogen (secondary N) is 2. The first-order valence-electron chi connectivity index (χ1n) is 7.47. The first kappa shape index (κ1) is 17.3. The summed E-state index contributed by atoms with van der Waals surface area (Å²) >= 11 is 0. The summed E-state index contributed by atoms with van der Waals surface area (Å²) in [5.41, 5.74) is 1.29. The van der Waals surface area contributed by atoms with Gasteiger partial charge >= 0.3 is 0 Å². The van der Waals surface area contributed by atoms with Gasteiger partial charge in [0.25, 0.3) is 5.91 Å². The van der Waals surface area contributed by atoms with Gasteiger partial charge in [-0.05, 0) is 43.3 Å². The summed E-state index contributed by atoms with van der Waals surface area (Å²) < 4.78 is 10.7. The first-order chi connectivity index (χ1) is 11.5. The molecule has 2 rings (SSSR count). The lowest BCUT2D eigenvalue weighted by atomic mass is 10.2. The second-order valence-electron chi connectivity index (χ2n) is 5.19. The number of carbonyl (C=O) groups excluding carboxylic acids is 2. The SMILES string of the molecule is COc1cccc(O[C@H](C)C(=O)Nc2ccc(NC(C)=O)cc2)c1. The number of hydrogen-bond acceptors (Lipinski definition) is 4. The highest BCUT2D eigenvalue weighted by Gasteiger charge is 2.15. The Kier molecular flexibility index (Phi) is 5.78. The van der Waals surface area contributed by atoms with Crippen molar-refractivity contribution >= 4 is 23.2 Å². The highest BCUT2D eigenvalue weighted by atomic mass is 16.5. The average molecular weight is 328 g/mol. The first-order valence-corrected chi connectivity index (χ1v) is 7.47. The molecule has 24 heavy (non-hydrogen) atoms. The zero-order valence-corrected chi connectivity index (χ0v) is 13.8. The highest BCUT2D eigenvalue weighted by molar-refractivity contribution is 5.94. The fourth-order valence-corrected chi connectivity index (χ4v) is 2.02. The van der Waals surface area contributed by atoms with Crippen LogP contribution in [0.2, 0.25) is 0 Å². The van der Waals surface area contributed by atoms with E-state index in [0.29, 0.717) is 22.9 Å². The van der Waals surface area contributed by atoms with Gasteiger partial charge in [0, 0.05) is 24.4 Å². The lowest BCUT2D eigenvalue weighted by molar-refractivity contribution is -0.122. The largest absolute Gasteiger partial charge is 0.497 e. The molecule has 2 N–H and O–H groups in total. The van der Waals surface area contributed by atoms with Gasteiger partial charge in [-0.15, -0.1) is 0 Å². The Morgan fingerprint density at radius 1 is 0.958 bits per heavy atom. The van der Waals surface area contributed by atoms with Gasteiger partial charge in [-0.1, -0.05) is 6.07 Å². The van der Waals surface area contributed by atoms with Crippen molar-refractivity contribution in [3.63, 3.8) is 0 Å². The molecule has 0 aliphatic carbocycles. The maximum Gasteiger partial charge on any atom is 0.265 e. The molecular weight excluding hydrogens is 308 g/mol. The molecule has 0 radical (unpaired) electrons. The van der Waals surface area contributed by atoms with Crippen molar-refractivity contribution in [2.45, 2.75) is 20.0 Å². The molecule has 2 aromatic carbocycles. The Balaban J connectivity index is 1.94. The number of anilines is 2. The quantitative estimate of drug-likeness (QED) is 0.854. The topological polar surface area (TPSA) is 76.7 Å². The van der Waals surface area contributed by atoms with Gasteiger partial charge in [0.1, 0.15) is 11.5 Å². The molecule has 0 aromatic heterocycles. The molecule has 0 bridgehead atoms. The zero-order chi connectivity index (χ0) is 17.5. The van der Waals surface area contributed by atoms with E-state index in [1.54, 1.807) is 62.6 Å². The summed E-state index contributed by atoms with van der Waals surface area (Å²) in [5.74, 6) is 0.795. The Morgan fingerprint density at radius 3 is 2.12 bits per heavy atom. The number of ether oxygens (including phenoxy) is 2. The lowest BCUT2D eigenvalue weighted by Crippen LogP contribution is -2.30. The van der Waals surface area contributed by atoms with E-state index in [9.17, 15) is 9.59 Å². The van der Waals surface area contributed by atoms with Crippen LogP contribution in [0.25, 0.3) is 0 Å². The number of carbonyl (C=O) groups is 2. The maximum absolute atomic E-state index is 12.2. The molecule has 2 amide bonds. The van der Waals surface area contributed by atoms with Crippen molar-refractivity contribution in [1.82, 2.24) is 0 Å². The van der Waals surface area contributed by atoms with Crippen molar-refractivity contribution < 1.29 is 19.1 Å². The van der Waals surface area contributed by atoms with Gasteiger partial charge in [0.15, 0.2) is 6.10 Å². The summed E-state index contributed by atoms with van der Waals surface area (Å²) in [4.78, 5) is 23.2. The number of amides is 2. The predicted octanol–water partition coefficient (Wildman–Crippen LogP) is 3.06. The monoisotopic (exact) mass is 328 g/mol. The van der Waals surface area contributed by atoms with Gasteiger partial charge in [-0.25, -0.2) is 0 Å². The van der Waals surface area contributed by atoms with E-state index in [-0.39, 0.29) is 11.8 Å². The minimum Gasteiger partial charge on any atom is -0.497 e. The molecule has 0 saturated carbocycles. The summed E-state index contributed by atoms with van der Waals surface area (Å²) in [6, 6.07) is 13.9. The van der Waals surface area contributed by atoms with E-state index >= 15 is 0 Å². The van der Waals surface area contributed by atoms with Gasteiger partial charge in [-0.3, -0.25) is 9.59 Å². The molecule has 0 heterocycles. The Labute approximate surface area is 140 Å². The van der Waals surface area contributed by atoms with Crippen LogP contribution < -0.4 is 20.1 Å². The van der Waals surface area contributed by atoms with E-state index in [1.165, 1.54) is 6.92 Å². The lowest BCUT2D eigenvalue weighted by Gasteiger charge is -2.15. The summed E-state index contributed by atoms with van der Waals surface area (Å²) in [5, 5.41) is 5.43. The molecule has 1 atom stereocenters. The van der Waals surface area contributed by atoms with Gasteiger partial charge in [0.2, 0.25) is 5.91 Å². The third-order valence-corrected chi connectivity index (χ3v) is 3.20. The van der Waals surface area contributed by atoms with Gasteiger partial charge in [0.05, 0.1) is 7.11 Å². The van der Waals surface area contributed by atoms with Crippen molar-refractivity contribution in [3.8, 4) is 11.5 Å². The molecule has 6 heteroatoms. The Bertz CT molecular complexity index is 713. The zero-order valence-electron chi connectivity index (χ0n) is 13.8. The van der Waals surface area contributed by atoms with E-state index in [2.05, 4.69) is 10.6 Å². The molecule has 0 aliphatic heterocycles. The van der Waals surface area contributed by atoms with Crippen LogP contribution in [0.4, 0.5) is 11.4 Å². The van der Waals surface area contributed by atoms with Crippen molar-refractivity contribution in [3.05, 3.63) is 48.5 Å². The van der Waals surface area contributed by atoms with Crippen LogP contribution in [-0.4, -0.2) is 25.0 Å². The van der Waals surface area contributed by atoms with E-state index < -0.39 is 6.10 Å². The second kappa shape index (κ2) is 8.01. The third kappa shape index (κ3) is 5.01. The van der Waals surface area contributed by atoms with E-state index in [1.807, 2.05) is 0 Å². The van der Waals surface area contributed by atoms with Crippen LogP contribution >= 0.6 is 0 Å². The smallest absolute Gasteiger partial charge is 0.265 e. The van der Waals surface area contributed by atoms with Crippen LogP contribution in [0.5, 0.6) is 11.5 Å². The molecular formula is C18H20N2O4. The minimum absolute atomic E-state index is 0.146. The van der Waals surface area contributed by atoms with Gasteiger partial charge in [-0.2, -0.15) is 0 Å². The van der Waals surface area contributed by atoms with Crippen LogP contribution in [0, 0.1) is 0 Å². The number of benzene rings is 2. The van der Waals surface area contributed by atoms with Crippen LogP contribution in [0.1, 0.15) is 13.8 Å². The number of methoxy groups -OCH3 is 1. The minimum atomic E-state index is -0.674. The van der Waals surface area contributed by atoms with E-state index in [4.69, 9.17) is 9.47 Å². The number of hydrogen-bond donors (Lipinski definition) is 2. The molecule has 0 spiro atoms. The molecule has 2 aromatic rings. The molecule has 126 valence electrons. The highest BCUT2D eigenvalue weighted by Crippen LogP contribution is 2.20. The second-order valence-corrected chi connectivity index (χ2v) is 5.19. The summed E-state index contributed by atoms with van der Waals surface area (Å²) in [6.45, 7) is 3.10. The van der Waals surface area contributed by atoms with Crippen molar-refractivity contribution in [2.75, 3.05) is 17.7 Å². The van der Waals surface area contributed by atoms with Crippen LogP contribution in [0.3, 0.4) is 0 Å². The van der Waals surface area contributed by atoms with Crippen molar-refractivity contribution in [2.24, 2.45) is 0 Å². The maximum atomic E-state index is 12.2. The molecule has 0 fully saturated rings. The Morgan fingerprint density at radius 2 is 1.54 bits per heavy atom. The van der Waals surface area contributed by atoms with Gasteiger partial charge < -0.3 is 20.1 Å². The summed E-state index contributed by atoms with van der Waals surface area (Å²) in [7, 11) is 1.57. The molecule has 0 unspecified atom stereocenters. The fraction of sp³-hybridized carbons (Fsp3) is 0.222. The van der Waals surface area contributed by atoms with E-state index in [0.717, 1.165) is 0 Å². The van der Waals surface area contributed by atoms with Crippen LogP contribution in [-0.2, 0) is 9.59 Å². The standard InChI is InChI=1S/C18H20N2O4/c1-12(24-17-6-4-5-16(11-17)23-3)18(22)20-15-9-7-14(8-10-15)19-13(2)21/h4-12H,1-3H3,(H,19,21)(H,20,22)/t12-/m1/s1. The Hall–Kier alpha value is -3.02. The summed E-state index contributed by atoms with van der Waals surface area (Å²) in [6.07, 6.45) is -0.674. The molecule has 0 aliphatic rings. The molecule has 6 nitrogen and oxygen atoms in total. The molecule has 0 saturated heterocycles. The predicted molar refractivity (Wildman–Crippen MR) is 92.5 cm³/mol. The third-order valence-electron chi connectivity index (χ3n) is 3.20. The normalized spacial score (nSPS) is 11.3. The average Bonchev–Trinajstić information content (AvgIpc) is 2.56.